The van der Waals surface area contributed by atoms with E-state index in [4.69, 9.17) is 20.2 Å². The molecule has 11 heteroatoms. The normalized spacial score (nSPS) is 21.0. The van der Waals surface area contributed by atoms with E-state index in [0.717, 1.165) is 35.7 Å². The molecule has 2 aliphatic rings. The van der Waals surface area contributed by atoms with Gasteiger partial charge in [-0.3, -0.25) is 4.79 Å². The molecular weight excluding hydrogens is 558 g/mol. The van der Waals surface area contributed by atoms with E-state index in [0.29, 0.717) is 31.2 Å². The molecule has 2 fully saturated rings. The van der Waals surface area contributed by atoms with E-state index in [1.165, 1.54) is 0 Å². The zero-order valence-electron chi connectivity index (χ0n) is 26.9. The van der Waals surface area contributed by atoms with Crippen molar-refractivity contribution in [1.29, 1.82) is 0 Å². The molecule has 5 rings (SSSR count). The number of fused-ring (bicyclic) bond motifs is 1. The fraction of sp³-hybridized carbons (Fsp3) is 0.515. The summed E-state index contributed by atoms with van der Waals surface area (Å²) in [6.45, 7) is 13.8. The van der Waals surface area contributed by atoms with Gasteiger partial charge in [0.05, 0.1) is 0 Å². The van der Waals surface area contributed by atoms with E-state index in [1.54, 1.807) is 4.90 Å². The van der Waals surface area contributed by atoms with Crippen LogP contribution in [0.25, 0.3) is 10.8 Å². The van der Waals surface area contributed by atoms with Crippen molar-refractivity contribution in [2.24, 2.45) is 0 Å². The monoisotopic (exact) mass is 603 g/mol. The lowest BCUT2D eigenvalue weighted by molar-refractivity contribution is 0.0192. The molecule has 11 nitrogen and oxygen atoms in total. The first kappa shape index (κ1) is 31.3. The molecule has 1 aromatic heterocycles. The number of rotatable bonds is 6. The van der Waals surface area contributed by atoms with Gasteiger partial charge in [-0.05, 0) is 85.0 Å². The van der Waals surface area contributed by atoms with Crippen LogP contribution < -0.4 is 20.7 Å². The number of aryl methyl sites for hydroxylation is 1. The Bertz CT molecular complexity index is 1520. The van der Waals surface area contributed by atoms with Crippen molar-refractivity contribution in [2.45, 2.75) is 78.1 Å². The Balaban J connectivity index is 1.48. The fourth-order valence-electron chi connectivity index (χ4n) is 6.26. The summed E-state index contributed by atoms with van der Waals surface area (Å²) in [6.07, 6.45) is 1.77. The maximum atomic E-state index is 13.9. The molecule has 0 saturated carbocycles. The molecule has 3 aromatic rings. The van der Waals surface area contributed by atoms with Crippen LogP contribution in [-0.4, -0.2) is 88.8 Å². The molecule has 2 saturated heterocycles. The summed E-state index contributed by atoms with van der Waals surface area (Å²) in [7, 11) is 2.08. The van der Waals surface area contributed by atoms with Crippen LogP contribution in [0.1, 0.15) is 63.5 Å². The average molecular weight is 604 g/mol. The number of aromatic nitrogens is 2. The van der Waals surface area contributed by atoms with Crippen LogP contribution >= 0.6 is 0 Å². The molecule has 236 valence electrons. The molecule has 44 heavy (non-hydrogen) atoms. The SMILES string of the molecule is Cc1cccc2cccc(NC(=O)c3nc(OC[C@@H]4CCCN4C)nc(N4[C@@H](C)CN(C(=O)OC(C)(C)C)C[C@@H]4C)c3N)c12. The van der Waals surface area contributed by atoms with Crippen LogP contribution in [0, 0.1) is 6.92 Å². The maximum Gasteiger partial charge on any atom is 0.410 e. The molecular formula is C33H45N7O4. The smallest absolute Gasteiger partial charge is 0.410 e. The van der Waals surface area contributed by atoms with Crippen molar-refractivity contribution in [3.05, 3.63) is 47.7 Å². The van der Waals surface area contributed by atoms with Crippen LogP contribution in [-0.2, 0) is 4.74 Å². The molecule has 3 heterocycles. The summed E-state index contributed by atoms with van der Waals surface area (Å²) in [5.41, 5.74) is 8.06. The van der Waals surface area contributed by atoms with Gasteiger partial charge in [0.25, 0.3) is 5.91 Å². The van der Waals surface area contributed by atoms with Crippen LogP contribution in [0.15, 0.2) is 36.4 Å². The van der Waals surface area contributed by atoms with Crippen molar-refractivity contribution >= 4 is 40.0 Å². The summed E-state index contributed by atoms with van der Waals surface area (Å²) in [6, 6.07) is 11.8. The van der Waals surface area contributed by atoms with Crippen molar-refractivity contribution in [3.8, 4) is 6.01 Å². The fourth-order valence-corrected chi connectivity index (χ4v) is 6.26. The Morgan fingerprint density at radius 3 is 2.39 bits per heavy atom. The highest BCUT2D eigenvalue weighted by Gasteiger charge is 2.37. The first-order valence-electron chi connectivity index (χ1n) is 15.4. The number of ether oxygens (including phenoxy) is 2. The van der Waals surface area contributed by atoms with Gasteiger partial charge in [-0.25, -0.2) is 4.79 Å². The Kier molecular flexibility index (Phi) is 8.88. The molecule has 0 unspecified atom stereocenters. The van der Waals surface area contributed by atoms with Gasteiger partial charge in [0, 0.05) is 42.3 Å². The molecule has 2 aromatic carbocycles. The van der Waals surface area contributed by atoms with Gasteiger partial charge in [0.1, 0.15) is 17.9 Å². The van der Waals surface area contributed by atoms with Gasteiger partial charge in [-0.15, -0.1) is 0 Å². The van der Waals surface area contributed by atoms with Gasteiger partial charge in [0.2, 0.25) is 0 Å². The van der Waals surface area contributed by atoms with E-state index in [2.05, 4.69) is 22.2 Å². The number of carbonyl (C=O) groups excluding carboxylic acids is 2. The number of benzene rings is 2. The zero-order chi connectivity index (χ0) is 31.8. The number of amides is 2. The highest BCUT2D eigenvalue weighted by atomic mass is 16.6. The number of hydrogen-bond donors (Lipinski definition) is 2. The van der Waals surface area contributed by atoms with Crippen LogP contribution in [0.5, 0.6) is 6.01 Å². The second kappa shape index (κ2) is 12.5. The lowest BCUT2D eigenvalue weighted by atomic mass is 10.0. The van der Waals surface area contributed by atoms with Crippen molar-refractivity contribution < 1.29 is 19.1 Å². The van der Waals surface area contributed by atoms with Gasteiger partial charge in [-0.2, -0.15) is 9.97 Å². The number of nitrogens with two attached hydrogens (primary N) is 1. The van der Waals surface area contributed by atoms with Gasteiger partial charge in [0.15, 0.2) is 11.5 Å². The quantitative estimate of drug-likeness (QED) is 0.397. The number of anilines is 3. The summed E-state index contributed by atoms with van der Waals surface area (Å²) in [4.78, 5) is 42.1. The standard InChI is InChI=1S/C33H45N7O4/c1-20-11-8-12-23-13-9-15-25(26(20)23)35-30(41)28-27(34)29(37-31(36-28)43-19-24-14-10-16-38(24)7)40-21(2)17-39(18-22(40)3)32(42)44-33(4,5)6/h8-9,11-13,15,21-22,24H,10,14,16-19,34H2,1-7H3,(H,35,41)/t21-,22-,24-/m0/s1. The minimum atomic E-state index is -0.595. The summed E-state index contributed by atoms with van der Waals surface area (Å²) >= 11 is 0. The first-order chi connectivity index (χ1) is 20.8. The summed E-state index contributed by atoms with van der Waals surface area (Å²) in [5, 5.41) is 5.03. The van der Waals surface area contributed by atoms with Crippen molar-refractivity contribution in [2.75, 3.05) is 49.2 Å². The average Bonchev–Trinajstić information content (AvgIpc) is 3.36. The number of carbonyl (C=O) groups is 2. The third-order valence-corrected chi connectivity index (χ3v) is 8.37. The number of piperazine rings is 1. The van der Waals surface area contributed by atoms with Gasteiger partial charge in [-0.1, -0.05) is 30.3 Å². The predicted molar refractivity (Wildman–Crippen MR) is 173 cm³/mol. The van der Waals surface area contributed by atoms with Gasteiger partial charge >= 0.3 is 12.1 Å². The first-order valence-corrected chi connectivity index (χ1v) is 15.4. The number of likely N-dealkylation sites (N-methyl/N-ethyl adjacent to an activating group) is 1. The lowest BCUT2D eigenvalue weighted by Gasteiger charge is -2.45. The van der Waals surface area contributed by atoms with Crippen molar-refractivity contribution in [3.63, 3.8) is 0 Å². The Morgan fingerprint density at radius 2 is 1.75 bits per heavy atom. The number of hydrogen-bond acceptors (Lipinski definition) is 9. The summed E-state index contributed by atoms with van der Waals surface area (Å²) < 4.78 is 11.8. The predicted octanol–water partition coefficient (Wildman–Crippen LogP) is 5.08. The number of nitrogen functional groups attached to an aromatic ring is 1. The number of nitrogens with one attached hydrogen (secondary N) is 1. The second-order valence-electron chi connectivity index (χ2n) is 13.1. The molecule has 2 amide bonds. The lowest BCUT2D eigenvalue weighted by Crippen LogP contribution is -2.59. The minimum Gasteiger partial charge on any atom is -0.462 e. The maximum absolute atomic E-state index is 13.9. The highest BCUT2D eigenvalue weighted by molar-refractivity contribution is 6.12. The zero-order valence-corrected chi connectivity index (χ0v) is 26.9. The molecule has 3 N–H and O–H groups in total. The Morgan fingerprint density at radius 1 is 1.07 bits per heavy atom. The molecule has 0 radical (unpaired) electrons. The molecule has 0 bridgehead atoms. The second-order valence-corrected chi connectivity index (χ2v) is 13.1. The van der Waals surface area contributed by atoms with Crippen LogP contribution in [0.4, 0.5) is 22.0 Å². The van der Waals surface area contributed by atoms with E-state index < -0.39 is 11.5 Å². The summed E-state index contributed by atoms with van der Waals surface area (Å²) in [5.74, 6) is -0.0321. The third-order valence-electron chi connectivity index (χ3n) is 8.37. The van der Waals surface area contributed by atoms with Crippen LogP contribution in [0.2, 0.25) is 0 Å². The molecule has 0 spiro atoms. The molecule has 3 atom stereocenters. The Labute approximate surface area is 259 Å². The minimum absolute atomic E-state index is 0.0457. The van der Waals surface area contributed by atoms with Gasteiger partial charge < -0.3 is 35.2 Å². The van der Waals surface area contributed by atoms with Crippen molar-refractivity contribution in [1.82, 2.24) is 19.8 Å². The largest absolute Gasteiger partial charge is 0.462 e. The topological polar surface area (TPSA) is 126 Å². The van der Waals surface area contributed by atoms with E-state index in [-0.39, 0.29) is 41.6 Å². The van der Waals surface area contributed by atoms with E-state index >= 15 is 0 Å². The van der Waals surface area contributed by atoms with E-state index in [1.807, 2.05) is 82.8 Å². The van der Waals surface area contributed by atoms with Crippen LogP contribution in [0.3, 0.4) is 0 Å². The molecule has 2 aliphatic heterocycles. The Hall–Kier alpha value is -4.12. The number of likely N-dealkylation sites (tertiary alicyclic amines) is 1. The highest BCUT2D eigenvalue weighted by Crippen LogP contribution is 2.34. The number of nitrogens with zero attached hydrogens (tertiary/aromatic N) is 5. The van der Waals surface area contributed by atoms with E-state index in [9.17, 15) is 9.59 Å². The molecule has 0 aliphatic carbocycles. The third kappa shape index (κ3) is 6.67.